The predicted octanol–water partition coefficient (Wildman–Crippen LogP) is 7.62. The Hall–Kier alpha value is -3.66. The van der Waals surface area contributed by atoms with Gasteiger partial charge < -0.3 is 14.4 Å². The number of aryl methyl sites for hydroxylation is 4. The van der Waals surface area contributed by atoms with Gasteiger partial charge in [-0.05, 0) is 55.2 Å². The van der Waals surface area contributed by atoms with Crippen molar-refractivity contribution in [2.75, 3.05) is 0 Å². The zero-order valence-electron chi connectivity index (χ0n) is 32.4. The summed E-state index contributed by atoms with van der Waals surface area (Å²) in [6.07, 6.45) is 2.36. The van der Waals surface area contributed by atoms with Gasteiger partial charge in [0.25, 0.3) is 0 Å². The van der Waals surface area contributed by atoms with E-state index in [1.807, 2.05) is 0 Å². The molecule has 6 rings (SSSR count). The molecule has 36 heavy (non-hydrogen) atoms. The average molecular weight is 662 g/mol. The Morgan fingerprint density at radius 2 is 1.61 bits per heavy atom. The van der Waals surface area contributed by atoms with E-state index in [9.17, 15) is 0 Å². The number of hydrogen-bond acceptors (Lipinski definition) is 4. The Kier molecular flexibility index (Phi) is 3.97. The Labute approximate surface area is 244 Å². The van der Waals surface area contributed by atoms with Gasteiger partial charge in [0.2, 0.25) is 5.71 Å². The summed E-state index contributed by atoms with van der Waals surface area (Å²) in [6, 6.07) is 18.9. The Morgan fingerprint density at radius 1 is 0.778 bits per heavy atom. The molecular weight excluding hydrogens is 623 g/mol. The van der Waals surface area contributed by atoms with Crippen molar-refractivity contribution in [1.29, 1.82) is 0 Å². The Bertz CT molecular complexity index is 2080. The van der Waals surface area contributed by atoms with Gasteiger partial charge in [0.1, 0.15) is 0 Å². The number of hydrogen-bond donors (Lipinski definition) is 0. The molecule has 1 radical (unpaired) electrons. The van der Waals surface area contributed by atoms with E-state index >= 15 is 0 Å². The molecule has 0 bridgehead atoms. The normalized spacial score (nSPS) is 17.7. The first kappa shape index (κ1) is 13.0. The minimum atomic E-state index is -2.55. The second kappa shape index (κ2) is 10.9. The molecule has 4 nitrogen and oxygen atoms in total. The smallest absolute Gasteiger partial charge is 0.216 e. The van der Waals surface area contributed by atoms with E-state index < -0.39 is 33.4 Å². The fourth-order valence-corrected chi connectivity index (χ4v) is 3.38. The van der Waals surface area contributed by atoms with E-state index in [2.05, 4.69) is 27.1 Å². The van der Waals surface area contributed by atoms with E-state index in [0.29, 0.717) is 22.0 Å². The van der Waals surface area contributed by atoms with Crippen LogP contribution in [0.1, 0.15) is 41.6 Å². The number of fused-ring (bicyclic) bond motifs is 3. The molecule has 0 atom stereocenters. The zero-order valence-corrected chi connectivity index (χ0v) is 20.8. The van der Waals surface area contributed by atoms with Crippen LogP contribution < -0.4 is 0 Å². The third-order valence-corrected chi connectivity index (χ3v) is 5.03. The summed E-state index contributed by atoms with van der Waals surface area (Å²) in [4.78, 5) is 12.2. The maximum absolute atomic E-state index is 8.23. The third-order valence-electron chi connectivity index (χ3n) is 5.03. The SMILES string of the molecule is [2H]C([2H])([2H])c1c[c-]c(-c2ccc(C([2H])([2H])[2H])cn2)cc1.[2H]c1c(C([2H])([2H])[2H])cnc(-c2[c-]ccc3c2oc2nc(C([2H])([2H])[2H])ccc23)c1[2H].[Ir]. The summed E-state index contributed by atoms with van der Waals surface area (Å²) >= 11 is 0. The molecule has 0 unspecified atom stereocenters. The minimum absolute atomic E-state index is 0. The van der Waals surface area contributed by atoms with Crippen molar-refractivity contribution in [3.8, 4) is 22.5 Å². The predicted molar refractivity (Wildman–Crippen MR) is 141 cm³/mol. The van der Waals surface area contributed by atoms with Gasteiger partial charge in [0, 0.05) is 60.0 Å². The van der Waals surface area contributed by atoms with E-state index in [0.717, 1.165) is 6.20 Å². The number of nitrogens with zero attached hydrogens (tertiary/aromatic N) is 3. The molecule has 0 N–H and O–H groups in total. The molecule has 4 aromatic heterocycles. The molecule has 0 saturated heterocycles. The molecule has 0 spiro atoms. The minimum Gasteiger partial charge on any atom is -0.486 e. The first-order chi connectivity index (χ1) is 22.7. The number of rotatable bonds is 2. The molecule has 4 heterocycles. The van der Waals surface area contributed by atoms with Crippen molar-refractivity contribution in [3.05, 3.63) is 114 Å². The summed E-state index contributed by atoms with van der Waals surface area (Å²) in [7, 11) is 0. The van der Waals surface area contributed by atoms with Crippen LogP contribution in [0.15, 0.2) is 83.5 Å². The summed E-state index contributed by atoms with van der Waals surface area (Å²) in [5, 5.41) is 1.20. The molecule has 0 aliphatic rings. The molecule has 0 aliphatic carbocycles. The van der Waals surface area contributed by atoms with Gasteiger partial charge >= 0.3 is 0 Å². The average Bonchev–Trinajstić information content (AvgIpc) is 3.39. The maximum atomic E-state index is 8.23. The van der Waals surface area contributed by atoms with E-state index in [1.54, 1.807) is 30.3 Å². The molecule has 0 fully saturated rings. The molecule has 0 aliphatic heterocycles. The summed E-state index contributed by atoms with van der Waals surface area (Å²) in [5.41, 5.74) is 1.84. The second-order valence-electron chi connectivity index (χ2n) is 7.44. The third kappa shape index (κ3) is 5.43. The van der Waals surface area contributed by atoms with Crippen molar-refractivity contribution in [2.24, 2.45) is 0 Å². The summed E-state index contributed by atoms with van der Waals surface area (Å²) < 4.78 is 111. The molecule has 0 amide bonds. The van der Waals surface area contributed by atoms with Crippen molar-refractivity contribution in [3.63, 3.8) is 0 Å². The molecular formula is C31H25IrN3O-2. The Morgan fingerprint density at radius 3 is 2.36 bits per heavy atom. The number of pyridine rings is 3. The number of furan rings is 1. The molecule has 5 heteroatoms. The first-order valence-electron chi connectivity index (χ1n) is 17.4. The quantitative estimate of drug-likeness (QED) is 0.179. The van der Waals surface area contributed by atoms with Crippen LogP contribution >= 0.6 is 0 Å². The first-order valence-corrected chi connectivity index (χ1v) is 10.4. The van der Waals surface area contributed by atoms with Crippen molar-refractivity contribution in [1.82, 2.24) is 15.0 Å². The summed E-state index contributed by atoms with van der Waals surface area (Å²) in [5.74, 6) is 0. The van der Waals surface area contributed by atoms with Crippen LogP contribution in [0.25, 0.3) is 44.6 Å². The fourth-order valence-electron chi connectivity index (χ4n) is 3.38. The van der Waals surface area contributed by atoms with E-state index in [1.165, 1.54) is 30.5 Å². The van der Waals surface area contributed by atoms with Crippen molar-refractivity contribution < 1.29 is 43.7 Å². The van der Waals surface area contributed by atoms with Crippen LogP contribution in [0.4, 0.5) is 0 Å². The summed E-state index contributed by atoms with van der Waals surface area (Å²) in [6.45, 7) is -9.28. The van der Waals surface area contributed by atoms with Gasteiger partial charge in [0.05, 0.1) is 8.32 Å². The standard InChI is InChI=1S/C18H13N2O.C13H12N.Ir/c1-11-6-9-16(19-10-11)15-5-3-4-13-14-8-7-12(2)20-18(14)21-17(13)15;1-10-3-6-12(7-4-10)13-8-5-11(2)9-14-13;/h3-4,6-10H,1-2H3;3-6,8-9H,1-2H3;/q2*-1;/i1D3,2D3,6D,9D;1D3,2D3;. The van der Waals surface area contributed by atoms with Gasteiger partial charge in [-0.2, -0.15) is 0 Å². The van der Waals surface area contributed by atoms with Crippen LogP contribution in [0.5, 0.6) is 0 Å². The molecule has 2 aromatic carbocycles. The van der Waals surface area contributed by atoms with E-state index in [-0.39, 0.29) is 71.1 Å². The van der Waals surface area contributed by atoms with E-state index in [4.69, 9.17) is 23.6 Å². The molecule has 6 aromatic rings. The largest absolute Gasteiger partial charge is 0.486 e. The van der Waals surface area contributed by atoms with Crippen LogP contribution in [0.2, 0.25) is 0 Å². The van der Waals surface area contributed by atoms with Crippen molar-refractivity contribution >= 4 is 22.1 Å². The van der Waals surface area contributed by atoms with Crippen LogP contribution in [0, 0.1) is 39.5 Å². The van der Waals surface area contributed by atoms with Gasteiger partial charge in [-0.15, -0.1) is 53.6 Å². The van der Waals surface area contributed by atoms with Crippen molar-refractivity contribution in [2.45, 2.75) is 27.4 Å². The van der Waals surface area contributed by atoms with Gasteiger partial charge in [-0.3, -0.25) is 0 Å². The van der Waals surface area contributed by atoms with Gasteiger partial charge in [0.15, 0.2) is 0 Å². The van der Waals surface area contributed by atoms with Crippen LogP contribution in [0.3, 0.4) is 0 Å². The van der Waals surface area contributed by atoms with Gasteiger partial charge in [-0.1, -0.05) is 42.0 Å². The number of aromatic nitrogens is 3. The van der Waals surface area contributed by atoms with Crippen LogP contribution in [-0.2, 0) is 20.1 Å². The second-order valence-corrected chi connectivity index (χ2v) is 7.44. The fraction of sp³-hybridized carbons (Fsp3) is 0.129. The van der Waals surface area contributed by atoms with Gasteiger partial charge in [-0.25, -0.2) is 4.98 Å². The molecule has 0 saturated carbocycles. The number of benzene rings is 2. The maximum Gasteiger partial charge on any atom is 0.216 e. The molecule has 181 valence electrons. The van der Waals surface area contributed by atoms with Crippen LogP contribution in [-0.4, -0.2) is 15.0 Å². The monoisotopic (exact) mass is 662 g/mol. The zero-order chi connectivity index (χ0) is 36.1. The topological polar surface area (TPSA) is 51.8 Å². The Balaban J connectivity index is 0.000000236.